The van der Waals surface area contributed by atoms with Gasteiger partial charge in [-0.1, -0.05) is 71.1 Å². The zero-order valence-electron chi connectivity index (χ0n) is 42.6. The first-order chi connectivity index (χ1) is 31.8. The number of aliphatic hydroxyl groups is 2. The zero-order chi connectivity index (χ0) is 49.6. The topological polar surface area (TPSA) is 177 Å². The van der Waals surface area contributed by atoms with E-state index in [0.717, 1.165) is 17.6 Å². The number of methoxy groups -OCH3 is 5. The largest absolute Gasteiger partial charge is 0.460 e. The van der Waals surface area contributed by atoms with Gasteiger partial charge in [0.05, 0.1) is 30.5 Å². The number of Topliss-reactive ketones (excluding diaryl/α,β-unsaturated/α-hetero) is 2. The predicted molar refractivity (Wildman–Crippen MR) is 256 cm³/mol. The van der Waals surface area contributed by atoms with E-state index in [1.54, 1.807) is 35.4 Å². The molecule has 0 spiro atoms. The normalized spacial score (nSPS) is 40.7. The maximum atomic E-state index is 14.6. The molecule has 4 aliphatic rings. The van der Waals surface area contributed by atoms with Gasteiger partial charge in [0.2, 0.25) is 5.79 Å². The zero-order valence-corrected chi connectivity index (χ0v) is 42.6. The van der Waals surface area contributed by atoms with Crippen molar-refractivity contribution >= 4 is 23.4 Å². The molecule has 1 saturated carbocycles. The Morgan fingerprint density at radius 3 is 2.13 bits per heavy atom. The van der Waals surface area contributed by atoms with Gasteiger partial charge < -0.3 is 48.3 Å². The van der Waals surface area contributed by atoms with Crippen molar-refractivity contribution in [2.24, 2.45) is 35.5 Å². The molecule has 380 valence electrons. The van der Waals surface area contributed by atoms with E-state index in [-0.39, 0.29) is 48.0 Å². The van der Waals surface area contributed by atoms with Gasteiger partial charge in [0, 0.05) is 72.7 Å². The first kappa shape index (κ1) is 56.5. The van der Waals surface area contributed by atoms with Crippen molar-refractivity contribution in [1.29, 1.82) is 0 Å². The summed E-state index contributed by atoms with van der Waals surface area (Å²) in [6.45, 7) is 13.8. The van der Waals surface area contributed by atoms with Gasteiger partial charge in [0.25, 0.3) is 11.7 Å². The molecular weight excluding hydrogens is 859 g/mol. The lowest BCUT2D eigenvalue weighted by molar-refractivity contribution is -0.265. The lowest BCUT2D eigenvalue weighted by Gasteiger charge is -2.43. The van der Waals surface area contributed by atoms with E-state index in [0.29, 0.717) is 70.6 Å². The van der Waals surface area contributed by atoms with E-state index >= 15 is 0 Å². The first-order valence-electron chi connectivity index (χ1n) is 24.8. The highest BCUT2D eigenvalue weighted by Crippen LogP contribution is 2.38. The van der Waals surface area contributed by atoms with Crippen LogP contribution in [-0.4, -0.2) is 141 Å². The van der Waals surface area contributed by atoms with Crippen molar-refractivity contribution in [3.63, 3.8) is 0 Å². The van der Waals surface area contributed by atoms with Crippen LogP contribution < -0.4 is 0 Å². The van der Waals surface area contributed by atoms with Crippen LogP contribution in [0.25, 0.3) is 0 Å². The number of piperidine rings is 1. The summed E-state index contributed by atoms with van der Waals surface area (Å²) in [7, 11) is 7.93. The third-order valence-corrected chi connectivity index (χ3v) is 15.2. The Kier molecular flexibility index (Phi) is 22.6. The summed E-state index contributed by atoms with van der Waals surface area (Å²) in [5.41, 5.74) is 1.70. The number of rotatable bonds is 8. The second kappa shape index (κ2) is 26.8. The van der Waals surface area contributed by atoms with Crippen LogP contribution in [-0.2, 0) is 52.3 Å². The van der Waals surface area contributed by atoms with Crippen LogP contribution in [0.15, 0.2) is 47.6 Å². The number of aliphatic hydroxyl groups excluding tert-OH is 1. The number of fused-ring (bicyclic) bond motifs is 3. The number of carbonyl (C=O) groups excluding carboxylic acids is 4. The summed E-state index contributed by atoms with van der Waals surface area (Å²) in [6.07, 6.45) is 13.9. The van der Waals surface area contributed by atoms with E-state index in [1.807, 2.05) is 65.0 Å². The van der Waals surface area contributed by atoms with Gasteiger partial charge in [-0.2, -0.15) is 0 Å². The van der Waals surface area contributed by atoms with Gasteiger partial charge in [-0.25, -0.2) is 4.79 Å². The summed E-state index contributed by atoms with van der Waals surface area (Å²) in [5, 5.41) is 22.6. The minimum Gasteiger partial charge on any atom is -0.460 e. The number of ether oxygens (including phenoxy) is 7. The maximum Gasteiger partial charge on any atom is 0.329 e. The Morgan fingerprint density at radius 1 is 0.776 bits per heavy atom. The van der Waals surface area contributed by atoms with E-state index in [1.165, 1.54) is 12.0 Å². The van der Waals surface area contributed by atoms with Crippen LogP contribution >= 0.6 is 0 Å². The summed E-state index contributed by atoms with van der Waals surface area (Å²) < 4.78 is 42.2. The lowest BCUT2D eigenvalue weighted by atomic mass is 9.78. The monoisotopic (exact) mass is 944 g/mol. The molecule has 14 heteroatoms. The van der Waals surface area contributed by atoms with Crippen LogP contribution in [0, 0.1) is 35.5 Å². The summed E-state index contributed by atoms with van der Waals surface area (Å²) in [6, 6.07) is -1.05. The quantitative estimate of drug-likeness (QED) is 0.141. The van der Waals surface area contributed by atoms with Crippen LogP contribution in [0.1, 0.15) is 126 Å². The van der Waals surface area contributed by atoms with Gasteiger partial charge in [0.15, 0.2) is 5.78 Å². The molecule has 2 saturated heterocycles. The Labute approximate surface area is 401 Å². The molecule has 0 unspecified atom stereocenters. The number of amides is 1. The fourth-order valence-electron chi connectivity index (χ4n) is 10.9. The Bertz CT molecular complexity index is 1740. The molecular formula is C53H85NO13. The molecule has 4 rings (SSSR count). The highest BCUT2D eigenvalue weighted by molar-refractivity contribution is 6.39. The number of ketones is 2. The van der Waals surface area contributed by atoms with E-state index in [4.69, 9.17) is 33.2 Å². The highest BCUT2D eigenvalue weighted by Gasteiger charge is 2.53. The second-order valence-corrected chi connectivity index (χ2v) is 20.2. The standard InChI is InChI=1S/C53H85NO13/c1-32-18-14-13-15-19-33(2)43(61-8)30-40-23-21-38(7)53(60,67-40)50(57)51(58)54-25-17-16-20-41(54)52(59)66-45(35(4)28-39-22-24-42(55)46(29-39)63-10)31-44(62-9)34(3)27-37(6)48(64-11)49(65-12)47(56)36(5)26-32/h13-15,18-19,27,32,34-36,38-46,48-49,55,60H,16-17,20-26,28-31H2,1-12H3/b15-13+,18-14+,33-19+,37-27+/t32-,34-,35-,36-,38-,39+,40+,41+,42-,43+,44-,45+,46-,48-,49+,53-/m1/s1. The Balaban J connectivity index is 1.74. The number of hydrogen-bond acceptors (Lipinski definition) is 13. The van der Waals surface area contributed by atoms with Gasteiger partial charge in [0.1, 0.15) is 24.4 Å². The average molecular weight is 944 g/mol. The van der Waals surface area contributed by atoms with Crippen molar-refractivity contribution < 1.29 is 62.5 Å². The predicted octanol–water partition coefficient (Wildman–Crippen LogP) is 7.28. The molecule has 0 aromatic heterocycles. The molecule has 14 nitrogen and oxygen atoms in total. The van der Waals surface area contributed by atoms with E-state index in [9.17, 15) is 29.4 Å². The molecule has 0 radical (unpaired) electrons. The lowest BCUT2D eigenvalue weighted by Crippen LogP contribution is -2.61. The number of cyclic esters (lactones) is 1. The third-order valence-electron chi connectivity index (χ3n) is 15.2. The molecule has 3 fully saturated rings. The Morgan fingerprint density at radius 2 is 1.48 bits per heavy atom. The van der Waals surface area contributed by atoms with E-state index < -0.39 is 78.1 Å². The third kappa shape index (κ3) is 15.0. The number of carbonyl (C=O) groups is 4. The molecule has 2 bridgehead atoms. The molecule has 1 aliphatic carbocycles. The first-order valence-corrected chi connectivity index (χ1v) is 24.8. The van der Waals surface area contributed by atoms with Gasteiger partial charge in [-0.05, 0) is 107 Å². The smallest absolute Gasteiger partial charge is 0.329 e. The Hall–Kier alpha value is -3.08. The van der Waals surface area contributed by atoms with Crippen LogP contribution in [0.5, 0.6) is 0 Å². The molecule has 0 aromatic carbocycles. The second-order valence-electron chi connectivity index (χ2n) is 20.2. The molecule has 0 aromatic rings. The molecule has 3 aliphatic heterocycles. The summed E-state index contributed by atoms with van der Waals surface area (Å²) in [5.74, 6) is -6.24. The van der Waals surface area contributed by atoms with Crippen molar-refractivity contribution in [2.45, 2.75) is 186 Å². The molecule has 16 atom stereocenters. The van der Waals surface area contributed by atoms with Crippen LogP contribution in [0.2, 0.25) is 0 Å². The van der Waals surface area contributed by atoms with Gasteiger partial charge >= 0.3 is 5.97 Å². The van der Waals surface area contributed by atoms with Gasteiger partial charge in [-0.3, -0.25) is 14.4 Å². The minimum atomic E-state index is -2.39. The van der Waals surface area contributed by atoms with Crippen molar-refractivity contribution in [3.8, 4) is 0 Å². The van der Waals surface area contributed by atoms with Gasteiger partial charge in [-0.15, -0.1) is 0 Å². The van der Waals surface area contributed by atoms with E-state index in [2.05, 4.69) is 13.0 Å². The average Bonchev–Trinajstić information content (AvgIpc) is 3.31. The molecule has 3 heterocycles. The number of allylic oxidation sites excluding steroid dienone is 5. The van der Waals surface area contributed by atoms with Crippen molar-refractivity contribution in [3.05, 3.63) is 47.6 Å². The highest BCUT2D eigenvalue weighted by atomic mass is 16.6. The molecule has 2 N–H and O–H groups in total. The SMILES string of the molecule is CO[C@H]1C[C@@H]2CC[C@@H](C)[C@@](O)(O2)C(=O)C(=O)N2CCCC[C@H]2C(=O)O[C@H]([C@H](C)C[C@@H]2CC[C@@H](O)[C@H](OC)C2)C[C@@H](OC)[C@H](C)/C=C(\C)[C@@H](OC)[C@@H](OC)C(=O)[C@H](C)C[C@H](C)/C=C/C=C/C=C/1C. The fourth-order valence-corrected chi connectivity index (χ4v) is 10.9. The fraction of sp³-hybridized carbons (Fsp3) is 0.774. The summed E-state index contributed by atoms with van der Waals surface area (Å²) in [4.78, 5) is 58.5. The van der Waals surface area contributed by atoms with Crippen LogP contribution in [0.4, 0.5) is 0 Å². The minimum absolute atomic E-state index is 0.0551. The summed E-state index contributed by atoms with van der Waals surface area (Å²) >= 11 is 0. The molecule has 67 heavy (non-hydrogen) atoms. The number of esters is 1. The van der Waals surface area contributed by atoms with Crippen LogP contribution in [0.3, 0.4) is 0 Å². The van der Waals surface area contributed by atoms with Crippen molar-refractivity contribution in [2.75, 3.05) is 42.1 Å². The number of hydrogen-bond donors (Lipinski definition) is 2. The van der Waals surface area contributed by atoms with Crippen molar-refractivity contribution in [1.82, 2.24) is 4.90 Å². The number of nitrogens with zero attached hydrogens (tertiary/aromatic N) is 1. The maximum absolute atomic E-state index is 14.6. The molecule has 1 amide bonds.